The van der Waals surface area contributed by atoms with Gasteiger partial charge in [0.1, 0.15) is 0 Å². The van der Waals surface area contributed by atoms with Crippen LogP contribution in [0.1, 0.15) is 35.2 Å². The van der Waals surface area contributed by atoms with Crippen LogP contribution in [0.15, 0.2) is 36.4 Å². The van der Waals surface area contributed by atoms with E-state index in [-0.39, 0.29) is 11.8 Å². The molecule has 0 saturated carbocycles. The Kier molecular flexibility index (Phi) is 5.74. The Morgan fingerprint density at radius 2 is 1.78 bits per heavy atom. The van der Waals surface area contributed by atoms with Gasteiger partial charge < -0.3 is 0 Å². The Balaban J connectivity index is 2.19. The van der Waals surface area contributed by atoms with Gasteiger partial charge in [0.15, 0.2) is 0 Å². The van der Waals surface area contributed by atoms with Crippen molar-refractivity contribution in [1.29, 1.82) is 0 Å². The lowest BCUT2D eigenvalue weighted by Gasteiger charge is -2.18. The largest absolute Gasteiger partial charge is 0.216 e. The average Bonchev–Trinajstić information content (AvgIpc) is 2.44. The van der Waals surface area contributed by atoms with Crippen LogP contribution in [-0.4, -0.2) is 8.42 Å². The van der Waals surface area contributed by atoms with Crippen LogP contribution < -0.4 is 4.72 Å². The fourth-order valence-corrected chi connectivity index (χ4v) is 4.41. The molecule has 0 bridgehead atoms. The zero-order chi connectivity index (χ0) is 17.2. The molecule has 2 aromatic carbocycles. The Morgan fingerprint density at radius 1 is 1.09 bits per heavy atom. The number of halogens is 2. The molecule has 0 heterocycles. The zero-order valence-corrected chi connectivity index (χ0v) is 15.6. The molecule has 0 amide bonds. The van der Waals surface area contributed by atoms with Crippen LogP contribution in [0.5, 0.6) is 0 Å². The van der Waals surface area contributed by atoms with Crippen molar-refractivity contribution in [3.63, 3.8) is 0 Å². The summed E-state index contributed by atoms with van der Waals surface area (Å²) in [5.74, 6) is -0.182. The van der Waals surface area contributed by atoms with E-state index in [4.69, 9.17) is 23.2 Å². The molecule has 0 fully saturated rings. The lowest BCUT2D eigenvalue weighted by atomic mass is 10.0. The fraction of sp³-hybridized carbons (Fsp3) is 0.294. The van der Waals surface area contributed by atoms with Crippen molar-refractivity contribution in [2.45, 2.75) is 32.6 Å². The van der Waals surface area contributed by atoms with E-state index in [1.807, 2.05) is 39.0 Å². The summed E-state index contributed by atoms with van der Waals surface area (Å²) in [7, 11) is -3.52. The Labute approximate surface area is 147 Å². The molecule has 0 aromatic heterocycles. The van der Waals surface area contributed by atoms with Crippen molar-refractivity contribution in [3.8, 4) is 0 Å². The molecule has 6 heteroatoms. The van der Waals surface area contributed by atoms with Gasteiger partial charge in [-0.05, 0) is 49.6 Å². The van der Waals surface area contributed by atoms with Gasteiger partial charge in [0.25, 0.3) is 0 Å². The predicted molar refractivity (Wildman–Crippen MR) is 96.6 cm³/mol. The molecule has 124 valence electrons. The summed E-state index contributed by atoms with van der Waals surface area (Å²) in [6.07, 6.45) is 0. The number of aryl methyl sites for hydroxylation is 2. The molecule has 23 heavy (non-hydrogen) atoms. The molecule has 0 aliphatic rings. The van der Waals surface area contributed by atoms with Gasteiger partial charge in [-0.25, -0.2) is 13.1 Å². The lowest BCUT2D eigenvalue weighted by molar-refractivity contribution is 0.565. The van der Waals surface area contributed by atoms with E-state index in [9.17, 15) is 8.42 Å². The molecule has 1 N–H and O–H groups in total. The first-order chi connectivity index (χ1) is 10.7. The summed E-state index contributed by atoms with van der Waals surface area (Å²) in [6, 6.07) is 10.5. The topological polar surface area (TPSA) is 46.2 Å². The van der Waals surface area contributed by atoms with Gasteiger partial charge in [-0.15, -0.1) is 0 Å². The molecule has 0 aliphatic carbocycles. The lowest BCUT2D eigenvalue weighted by Crippen LogP contribution is -2.28. The van der Waals surface area contributed by atoms with Crippen molar-refractivity contribution in [3.05, 3.63) is 68.7 Å². The van der Waals surface area contributed by atoms with Crippen molar-refractivity contribution in [1.82, 2.24) is 4.72 Å². The number of hydrogen-bond donors (Lipinski definition) is 1. The molecule has 2 aromatic rings. The van der Waals surface area contributed by atoms with Gasteiger partial charge in [0.2, 0.25) is 10.0 Å². The first-order valence-electron chi connectivity index (χ1n) is 7.19. The number of rotatable bonds is 5. The van der Waals surface area contributed by atoms with Crippen molar-refractivity contribution < 1.29 is 8.42 Å². The number of benzene rings is 2. The summed E-state index contributed by atoms with van der Waals surface area (Å²) in [4.78, 5) is 0. The van der Waals surface area contributed by atoms with Crippen LogP contribution >= 0.6 is 23.2 Å². The first-order valence-corrected chi connectivity index (χ1v) is 9.60. The zero-order valence-electron chi connectivity index (χ0n) is 13.2. The summed E-state index contributed by atoms with van der Waals surface area (Å²) >= 11 is 11.9. The molecular weight excluding hydrogens is 353 g/mol. The van der Waals surface area contributed by atoms with E-state index in [0.29, 0.717) is 15.6 Å². The minimum absolute atomic E-state index is 0.182. The Hall–Kier alpha value is -1.07. The van der Waals surface area contributed by atoms with Crippen LogP contribution in [0.2, 0.25) is 10.0 Å². The van der Waals surface area contributed by atoms with Crippen LogP contribution in [-0.2, 0) is 15.8 Å². The summed E-state index contributed by atoms with van der Waals surface area (Å²) in [5, 5.41) is 0.829. The van der Waals surface area contributed by atoms with E-state index in [0.717, 1.165) is 16.7 Å². The minimum Gasteiger partial charge on any atom is -0.212 e. The number of hydrogen-bond acceptors (Lipinski definition) is 2. The molecule has 2 rings (SSSR count). The monoisotopic (exact) mass is 371 g/mol. The molecule has 0 unspecified atom stereocenters. The smallest absolute Gasteiger partial charge is 0.212 e. The highest BCUT2D eigenvalue weighted by Gasteiger charge is 2.19. The second-order valence-corrected chi connectivity index (χ2v) is 8.29. The highest BCUT2D eigenvalue weighted by atomic mass is 35.5. The van der Waals surface area contributed by atoms with Gasteiger partial charge in [0, 0.05) is 16.1 Å². The van der Waals surface area contributed by atoms with Gasteiger partial charge in [-0.2, -0.15) is 0 Å². The Morgan fingerprint density at radius 3 is 2.43 bits per heavy atom. The second kappa shape index (κ2) is 7.22. The van der Waals surface area contributed by atoms with E-state index in [1.54, 1.807) is 18.2 Å². The van der Waals surface area contributed by atoms with Crippen molar-refractivity contribution in [2.24, 2.45) is 0 Å². The molecule has 0 spiro atoms. The standard InChI is InChI=1S/C17H19Cl2NO2S/c1-11-4-5-12(2)16(8-11)13(3)20-23(21,22)10-14-6-7-15(18)9-17(14)19/h4-9,13,20H,10H2,1-3H3/t13-/m1/s1. The molecule has 1 atom stereocenters. The van der Waals surface area contributed by atoms with Crippen LogP contribution in [0.3, 0.4) is 0 Å². The van der Waals surface area contributed by atoms with Crippen LogP contribution in [0, 0.1) is 13.8 Å². The molecular formula is C17H19Cl2NO2S. The third kappa shape index (κ3) is 4.95. The summed E-state index contributed by atoms with van der Waals surface area (Å²) in [5.41, 5.74) is 3.64. The molecule has 0 aliphatic heterocycles. The maximum atomic E-state index is 12.4. The highest BCUT2D eigenvalue weighted by molar-refractivity contribution is 7.88. The minimum atomic E-state index is -3.52. The Bertz CT molecular complexity index is 819. The van der Waals surface area contributed by atoms with E-state index in [2.05, 4.69) is 4.72 Å². The maximum Gasteiger partial charge on any atom is 0.216 e. The van der Waals surface area contributed by atoms with Crippen molar-refractivity contribution in [2.75, 3.05) is 0 Å². The number of sulfonamides is 1. The SMILES string of the molecule is Cc1ccc(C)c([C@@H](C)NS(=O)(=O)Cc2ccc(Cl)cc2Cl)c1. The fourth-order valence-electron chi connectivity index (χ4n) is 2.44. The second-order valence-electron chi connectivity index (χ2n) is 5.69. The molecule has 3 nitrogen and oxygen atoms in total. The van der Waals surface area contributed by atoms with Gasteiger partial charge >= 0.3 is 0 Å². The van der Waals surface area contributed by atoms with Gasteiger partial charge in [-0.3, -0.25) is 0 Å². The predicted octanol–water partition coefficient (Wildman–Crippen LogP) is 4.79. The maximum absolute atomic E-state index is 12.4. The first kappa shape index (κ1) is 18.3. The third-order valence-corrected chi connectivity index (χ3v) is 5.61. The van der Waals surface area contributed by atoms with Gasteiger partial charge in [-0.1, -0.05) is 53.0 Å². The van der Waals surface area contributed by atoms with E-state index in [1.165, 1.54) is 0 Å². The molecule has 0 saturated heterocycles. The quantitative estimate of drug-likeness (QED) is 0.820. The van der Waals surface area contributed by atoms with E-state index >= 15 is 0 Å². The van der Waals surface area contributed by atoms with E-state index < -0.39 is 10.0 Å². The normalized spacial score (nSPS) is 13.1. The average molecular weight is 372 g/mol. The van der Waals surface area contributed by atoms with Crippen LogP contribution in [0.4, 0.5) is 0 Å². The summed E-state index contributed by atoms with van der Waals surface area (Å²) < 4.78 is 27.5. The van der Waals surface area contributed by atoms with Gasteiger partial charge in [0.05, 0.1) is 5.75 Å². The third-order valence-electron chi connectivity index (χ3n) is 3.62. The van der Waals surface area contributed by atoms with Crippen molar-refractivity contribution >= 4 is 33.2 Å². The molecule has 0 radical (unpaired) electrons. The van der Waals surface area contributed by atoms with Crippen LogP contribution in [0.25, 0.3) is 0 Å². The highest BCUT2D eigenvalue weighted by Crippen LogP contribution is 2.24. The number of nitrogens with one attached hydrogen (secondary N) is 1. The summed E-state index contributed by atoms with van der Waals surface area (Å²) in [6.45, 7) is 5.79.